The van der Waals surface area contributed by atoms with Crippen molar-refractivity contribution in [2.75, 3.05) is 11.9 Å². The van der Waals surface area contributed by atoms with Crippen LogP contribution in [0.5, 0.6) is 0 Å². The number of pyridine rings is 1. The summed E-state index contributed by atoms with van der Waals surface area (Å²) >= 11 is 2.06. The van der Waals surface area contributed by atoms with Crippen molar-refractivity contribution in [1.29, 1.82) is 0 Å². The molecule has 41 heavy (non-hydrogen) atoms. The molecule has 0 aliphatic heterocycles. The van der Waals surface area contributed by atoms with Crippen molar-refractivity contribution in [3.8, 4) is 5.82 Å². The van der Waals surface area contributed by atoms with E-state index in [9.17, 15) is 31.5 Å². The van der Waals surface area contributed by atoms with Crippen molar-refractivity contribution in [2.45, 2.75) is 39.4 Å². The van der Waals surface area contributed by atoms with Crippen LogP contribution in [0.15, 0.2) is 42.7 Å². The third kappa shape index (κ3) is 6.20. The highest BCUT2D eigenvalue weighted by atomic mass is 127. The molecule has 0 spiro atoms. The molecule has 3 heterocycles. The van der Waals surface area contributed by atoms with Crippen LogP contribution in [0.1, 0.15) is 50.3 Å². The standard InChI is InChI=1S/C25H22F5IN8O2/c1-4-32-22(40)17-9-15(31)8-14(3)20(17)35-23(41)18-10-16(36-39(18)21-13(2)6-5-7-33-21)12-38-34-11-19(37-38)24(26,27)25(28,29)30/h5-11H,4,12H2,1-3H3,(H,32,40)(H,35,41). The second kappa shape index (κ2) is 11.5. The van der Waals surface area contributed by atoms with Gasteiger partial charge in [0.05, 0.1) is 23.1 Å². The molecule has 0 unspecified atom stereocenters. The second-order valence-corrected chi connectivity index (χ2v) is 10.1. The maximum Gasteiger partial charge on any atom is 0.459 e. The van der Waals surface area contributed by atoms with Gasteiger partial charge in [-0.05, 0) is 78.8 Å². The van der Waals surface area contributed by atoms with Gasteiger partial charge in [0, 0.05) is 16.3 Å². The number of carbonyl (C=O) groups excluding carboxylic acids is 2. The number of benzene rings is 1. The molecule has 0 bridgehead atoms. The van der Waals surface area contributed by atoms with Gasteiger partial charge in [-0.15, -0.1) is 0 Å². The average Bonchev–Trinajstić information content (AvgIpc) is 3.53. The lowest BCUT2D eigenvalue weighted by Crippen LogP contribution is -2.34. The molecular weight excluding hydrogens is 666 g/mol. The smallest absolute Gasteiger partial charge is 0.352 e. The zero-order chi connectivity index (χ0) is 30.1. The van der Waals surface area contributed by atoms with Gasteiger partial charge in [-0.2, -0.15) is 42.0 Å². The van der Waals surface area contributed by atoms with E-state index in [4.69, 9.17) is 0 Å². The number of hydrogen-bond acceptors (Lipinski definition) is 6. The molecule has 1 aromatic carbocycles. The first-order valence-corrected chi connectivity index (χ1v) is 13.1. The number of hydrogen-bond donors (Lipinski definition) is 2. The van der Waals surface area contributed by atoms with E-state index in [1.54, 1.807) is 45.0 Å². The summed E-state index contributed by atoms with van der Waals surface area (Å²) in [5.74, 6) is -6.00. The lowest BCUT2D eigenvalue weighted by Gasteiger charge is -2.16. The number of rotatable bonds is 8. The van der Waals surface area contributed by atoms with E-state index in [1.807, 2.05) is 0 Å². The van der Waals surface area contributed by atoms with Crippen LogP contribution >= 0.6 is 22.6 Å². The van der Waals surface area contributed by atoms with Crippen molar-refractivity contribution >= 4 is 40.1 Å². The molecule has 10 nitrogen and oxygen atoms in total. The molecule has 2 N–H and O–H groups in total. The first kappa shape index (κ1) is 30.0. The van der Waals surface area contributed by atoms with E-state index in [1.165, 1.54) is 16.9 Å². The van der Waals surface area contributed by atoms with Gasteiger partial charge in [0.25, 0.3) is 11.8 Å². The molecule has 4 aromatic rings. The van der Waals surface area contributed by atoms with Crippen LogP contribution in [0.4, 0.5) is 27.6 Å². The molecule has 0 aliphatic carbocycles. The molecule has 0 saturated carbocycles. The lowest BCUT2D eigenvalue weighted by atomic mass is 10.1. The van der Waals surface area contributed by atoms with Crippen LogP contribution in [0, 0.1) is 17.4 Å². The molecule has 0 aliphatic rings. The van der Waals surface area contributed by atoms with E-state index in [0.717, 1.165) is 3.57 Å². The third-order valence-electron chi connectivity index (χ3n) is 5.81. The molecule has 4 rings (SSSR count). The van der Waals surface area contributed by atoms with Crippen molar-refractivity contribution in [2.24, 2.45) is 0 Å². The Morgan fingerprint density at radius 2 is 1.76 bits per heavy atom. The topological polar surface area (TPSA) is 120 Å². The van der Waals surface area contributed by atoms with E-state index >= 15 is 0 Å². The van der Waals surface area contributed by atoms with Crippen LogP contribution in [0.2, 0.25) is 0 Å². The van der Waals surface area contributed by atoms with Gasteiger partial charge in [0.2, 0.25) is 0 Å². The summed E-state index contributed by atoms with van der Waals surface area (Å²) in [7, 11) is 0. The molecule has 216 valence electrons. The maximum atomic E-state index is 13.7. The number of halogens is 6. The Morgan fingerprint density at radius 3 is 2.41 bits per heavy atom. The summed E-state index contributed by atoms with van der Waals surface area (Å²) in [6.45, 7) is 5.14. The first-order chi connectivity index (χ1) is 19.2. The van der Waals surface area contributed by atoms with Crippen LogP contribution in [-0.4, -0.2) is 54.3 Å². The molecule has 0 radical (unpaired) electrons. The highest BCUT2D eigenvalue weighted by molar-refractivity contribution is 14.1. The van der Waals surface area contributed by atoms with Crippen LogP contribution in [0.25, 0.3) is 5.82 Å². The summed E-state index contributed by atoms with van der Waals surface area (Å²) in [5, 5.41) is 16.6. The van der Waals surface area contributed by atoms with Gasteiger partial charge < -0.3 is 10.6 Å². The molecule has 3 aromatic heterocycles. The molecule has 2 amide bonds. The minimum Gasteiger partial charge on any atom is -0.352 e. The molecule has 0 atom stereocenters. The number of nitrogens with one attached hydrogen (secondary N) is 2. The number of anilines is 1. The Labute approximate surface area is 243 Å². The highest BCUT2D eigenvalue weighted by Gasteiger charge is 2.60. The Kier molecular flexibility index (Phi) is 8.41. The molecule has 0 fully saturated rings. The van der Waals surface area contributed by atoms with Crippen LogP contribution < -0.4 is 10.6 Å². The monoisotopic (exact) mass is 688 g/mol. The van der Waals surface area contributed by atoms with Gasteiger partial charge in [0.15, 0.2) is 11.5 Å². The lowest BCUT2D eigenvalue weighted by molar-refractivity contribution is -0.291. The van der Waals surface area contributed by atoms with Crippen molar-refractivity contribution in [3.05, 3.63) is 80.1 Å². The maximum absolute atomic E-state index is 13.7. The molecule has 16 heteroatoms. The van der Waals surface area contributed by atoms with E-state index in [2.05, 4.69) is 53.5 Å². The van der Waals surface area contributed by atoms with Gasteiger partial charge in [-0.25, -0.2) is 9.67 Å². The summed E-state index contributed by atoms with van der Waals surface area (Å²) < 4.78 is 67.7. The molecular formula is C25H22F5IN8O2. The fraction of sp³-hybridized carbons (Fsp3) is 0.280. The first-order valence-electron chi connectivity index (χ1n) is 12.0. The number of nitrogens with zero attached hydrogens (tertiary/aromatic N) is 6. The van der Waals surface area contributed by atoms with Crippen molar-refractivity contribution in [3.63, 3.8) is 0 Å². The minimum atomic E-state index is -5.85. The minimum absolute atomic E-state index is 0.0467. The predicted molar refractivity (Wildman–Crippen MR) is 145 cm³/mol. The number of aromatic nitrogens is 6. The Balaban J connectivity index is 1.73. The number of aryl methyl sites for hydroxylation is 2. The average molecular weight is 688 g/mol. The molecule has 0 saturated heterocycles. The zero-order valence-electron chi connectivity index (χ0n) is 21.7. The Bertz CT molecular complexity index is 1620. The van der Waals surface area contributed by atoms with Gasteiger partial charge >= 0.3 is 12.1 Å². The normalized spacial score (nSPS) is 11.9. The summed E-state index contributed by atoms with van der Waals surface area (Å²) in [5.41, 5.74) is 0.204. The predicted octanol–water partition coefficient (Wildman–Crippen LogP) is 4.78. The summed E-state index contributed by atoms with van der Waals surface area (Å²) in [6, 6.07) is 8.11. The second-order valence-electron chi connectivity index (χ2n) is 8.87. The van der Waals surface area contributed by atoms with Crippen LogP contribution in [0.3, 0.4) is 0 Å². The summed E-state index contributed by atoms with van der Waals surface area (Å²) in [6.07, 6.45) is -4.05. The number of amides is 2. The van der Waals surface area contributed by atoms with E-state index < -0.39 is 36.2 Å². The fourth-order valence-corrected chi connectivity index (χ4v) is 4.64. The van der Waals surface area contributed by atoms with Crippen molar-refractivity contribution < 1.29 is 31.5 Å². The van der Waals surface area contributed by atoms with Gasteiger partial charge in [-0.1, -0.05) is 6.07 Å². The number of carbonyl (C=O) groups is 2. The van der Waals surface area contributed by atoms with E-state index in [0.29, 0.717) is 28.7 Å². The van der Waals surface area contributed by atoms with E-state index in [-0.39, 0.29) is 28.5 Å². The van der Waals surface area contributed by atoms with Gasteiger partial charge in [0.1, 0.15) is 12.2 Å². The zero-order valence-corrected chi connectivity index (χ0v) is 23.9. The fourth-order valence-electron chi connectivity index (χ4n) is 3.86. The third-order valence-corrected chi connectivity index (χ3v) is 6.44. The SMILES string of the molecule is CCNC(=O)c1cc(I)cc(C)c1NC(=O)c1cc(Cn2ncc(C(F)(F)C(F)(F)F)n2)nn1-c1ncccc1C. The van der Waals surface area contributed by atoms with Gasteiger partial charge in [-0.3, -0.25) is 9.59 Å². The number of alkyl halides is 5. The van der Waals surface area contributed by atoms with Crippen molar-refractivity contribution in [1.82, 2.24) is 35.1 Å². The van der Waals surface area contributed by atoms with Crippen LogP contribution in [-0.2, 0) is 12.5 Å². The highest BCUT2D eigenvalue weighted by Crippen LogP contribution is 2.42. The Hall–Kier alpha value is -3.96. The Morgan fingerprint density at radius 1 is 1.02 bits per heavy atom. The summed E-state index contributed by atoms with van der Waals surface area (Å²) in [4.78, 5) is 31.2. The largest absolute Gasteiger partial charge is 0.459 e. The quantitative estimate of drug-likeness (QED) is 0.203.